The Bertz CT molecular complexity index is 344. The quantitative estimate of drug-likeness (QED) is 0.770. The number of benzene rings is 1. The molecular weight excluding hydrogens is 302 g/mol. The average Bonchev–Trinajstić information content (AvgIpc) is 2.25. The summed E-state index contributed by atoms with van der Waals surface area (Å²) < 4.78 is 6.49. The summed E-state index contributed by atoms with van der Waals surface area (Å²) in [7, 11) is 0. The maximum absolute atomic E-state index is 6.11. The molecular formula is C13H19BrClNO. The number of halogens is 2. The largest absolute Gasteiger partial charge is 0.380 e. The molecule has 0 aliphatic heterocycles. The van der Waals surface area contributed by atoms with Crippen molar-refractivity contribution in [1.29, 1.82) is 0 Å². The molecule has 4 heteroatoms. The highest BCUT2D eigenvalue weighted by atomic mass is 79.9. The van der Waals surface area contributed by atoms with E-state index in [1.54, 1.807) is 0 Å². The number of hydrogen-bond donors (Lipinski definition) is 1. The monoisotopic (exact) mass is 319 g/mol. The Kier molecular flexibility index (Phi) is 7.12. The maximum Gasteiger partial charge on any atom is 0.0591 e. The number of ether oxygens (including phenoxy) is 1. The van der Waals surface area contributed by atoms with Gasteiger partial charge in [-0.1, -0.05) is 47.4 Å². The fraction of sp³-hybridized carbons (Fsp3) is 0.538. The van der Waals surface area contributed by atoms with Gasteiger partial charge in [-0.2, -0.15) is 0 Å². The van der Waals surface area contributed by atoms with Gasteiger partial charge in [0.05, 0.1) is 6.61 Å². The highest BCUT2D eigenvalue weighted by molar-refractivity contribution is 9.10. The predicted molar refractivity (Wildman–Crippen MR) is 76.5 cm³/mol. The smallest absolute Gasteiger partial charge is 0.0591 e. The molecule has 0 spiro atoms. The van der Waals surface area contributed by atoms with Crippen LogP contribution in [0.1, 0.15) is 19.4 Å². The summed E-state index contributed by atoms with van der Waals surface area (Å²) in [6.07, 6.45) is 0. The van der Waals surface area contributed by atoms with Crippen molar-refractivity contribution in [3.63, 3.8) is 0 Å². The lowest BCUT2D eigenvalue weighted by Gasteiger charge is -2.09. The number of nitrogens with one attached hydrogen (secondary N) is 1. The van der Waals surface area contributed by atoms with E-state index in [1.165, 1.54) is 0 Å². The molecule has 2 nitrogen and oxygen atoms in total. The van der Waals surface area contributed by atoms with Gasteiger partial charge in [-0.3, -0.25) is 0 Å². The van der Waals surface area contributed by atoms with Gasteiger partial charge in [0.25, 0.3) is 0 Å². The average molecular weight is 321 g/mol. The Labute approximate surface area is 117 Å². The summed E-state index contributed by atoms with van der Waals surface area (Å²) in [4.78, 5) is 0. The van der Waals surface area contributed by atoms with Gasteiger partial charge in [-0.15, -0.1) is 0 Å². The molecule has 1 aromatic rings. The topological polar surface area (TPSA) is 21.3 Å². The Morgan fingerprint density at radius 2 is 2.18 bits per heavy atom. The fourth-order valence-electron chi connectivity index (χ4n) is 1.35. The van der Waals surface area contributed by atoms with Crippen LogP contribution in [0, 0.1) is 5.92 Å². The first-order chi connectivity index (χ1) is 8.09. The van der Waals surface area contributed by atoms with Crippen molar-refractivity contribution in [2.45, 2.75) is 20.4 Å². The third-order valence-electron chi connectivity index (χ3n) is 2.20. The summed E-state index contributed by atoms with van der Waals surface area (Å²) in [5.41, 5.74) is 1.11. The first-order valence-corrected chi connectivity index (χ1v) is 6.99. The third kappa shape index (κ3) is 6.41. The van der Waals surface area contributed by atoms with Gasteiger partial charge in [0.1, 0.15) is 0 Å². The zero-order valence-electron chi connectivity index (χ0n) is 10.3. The summed E-state index contributed by atoms with van der Waals surface area (Å²) in [6, 6.07) is 5.93. The first kappa shape index (κ1) is 15.0. The van der Waals surface area contributed by atoms with E-state index in [-0.39, 0.29) is 0 Å². The van der Waals surface area contributed by atoms with Crippen molar-refractivity contribution in [3.05, 3.63) is 33.3 Å². The molecule has 0 aliphatic rings. The van der Waals surface area contributed by atoms with Crippen molar-refractivity contribution in [3.8, 4) is 0 Å². The van der Waals surface area contributed by atoms with Crippen molar-refractivity contribution >= 4 is 27.5 Å². The summed E-state index contributed by atoms with van der Waals surface area (Å²) in [6.45, 7) is 7.48. The van der Waals surface area contributed by atoms with Crippen LogP contribution in [0.4, 0.5) is 0 Å². The Balaban J connectivity index is 2.18. The first-order valence-electron chi connectivity index (χ1n) is 5.82. The van der Waals surface area contributed by atoms with Crippen molar-refractivity contribution in [2.24, 2.45) is 5.92 Å². The molecule has 0 saturated heterocycles. The van der Waals surface area contributed by atoms with Gasteiger partial charge >= 0.3 is 0 Å². The second-order valence-corrected chi connectivity index (χ2v) is 5.70. The highest BCUT2D eigenvalue weighted by Crippen LogP contribution is 2.20. The van der Waals surface area contributed by atoms with Crippen molar-refractivity contribution in [1.82, 2.24) is 5.32 Å². The van der Waals surface area contributed by atoms with E-state index in [2.05, 4.69) is 35.1 Å². The minimum Gasteiger partial charge on any atom is -0.380 e. The lowest BCUT2D eigenvalue weighted by Crippen LogP contribution is -2.20. The molecule has 1 N–H and O–H groups in total. The van der Waals surface area contributed by atoms with Crippen LogP contribution < -0.4 is 5.32 Å². The van der Waals surface area contributed by atoms with Crippen LogP contribution in [0.25, 0.3) is 0 Å². The van der Waals surface area contributed by atoms with Crippen LogP contribution in [0.15, 0.2) is 22.7 Å². The minimum atomic E-state index is 0.593. The molecule has 1 aromatic carbocycles. The molecule has 0 aliphatic carbocycles. The van der Waals surface area contributed by atoms with Crippen molar-refractivity contribution in [2.75, 3.05) is 19.8 Å². The van der Waals surface area contributed by atoms with Crippen LogP contribution >= 0.6 is 27.5 Å². The standard InChI is InChI=1S/C13H19BrClNO/c1-10(2)9-17-6-5-16-8-11-3-4-12(14)7-13(11)15/h3-4,7,10,16H,5-6,8-9H2,1-2H3. The molecule has 0 bridgehead atoms. The third-order valence-corrected chi connectivity index (χ3v) is 3.05. The zero-order valence-corrected chi connectivity index (χ0v) is 12.6. The lowest BCUT2D eigenvalue weighted by atomic mass is 10.2. The van der Waals surface area contributed by atoms with Gasteiger partial charge in [0.2, 0.25) is 0 Å². The molecule has 0 heterocycles. The summed E-state index contributed by atoms with van der Waals surface area (Å²) >= 11 is 9.50. The molecule has 0 atom stereocenters. The van der Waals surface area contributed by atoms with Crippen LogP contribution in [0.3, 0.4) is 0 Å². The zero-order chi connectivity index (χ0) is 12.7. The number of rotatable bonds is 7. The van der Waals surface area contributed by atoms with E-state index in [0.717, 1.165) is 41.4 Å². The molecule has 96 valence electrons. The molecule has 0 unspecified atom stereocenters. The predicted octanol–water partition coefficient (Wildman–Crippen LogP) is 3.86. The van der Waals surface area contributed by atoms with E-state index >= 15 is 0 Å². The number of hydrogen-bond acceptors (Lipinski definition) is 2. The van der Waals surface area contributed by atoms with Crippen LogP contribution in [-0.2, 0) is 11.3 Å². The molecule has 0 aromatic heterocycles. The molecule has 0 saturated carbocycles. The van der Waals surface area contributed by atoms with Gasteiger partial charge in [-0.05, 0) is 23.6 Å². The Morgan fingerprint density at radius 3 is 2.82 bits per heavy atom. The van der Waals surface area contributed by atoms with E-state index in [0.29, 0.717) is 5.92 Å². The molecule has 0 radical (unpaired) electrons. The highest BCUT2D eigenvalue weighted by Gasteiger charge is 2.00. The summed E-state index contributed by atoms with van der Waals surface area (Å²) in [5.74, 6) is 0.593. The maximum atomic E-state index is 6.11. The normalized spacial score (nSPS) is 11.1. The van der Waals surface area contributed by atoms with E-state index in [1.807, 2.05) is 18.2 Å². The molecule has 0 fully saturated rings. The SMILES string of the molecule is CC(C)COCCNCc1ccc(Br)cc1Cl. The van der Waals surface area contributed by atoms with Crippen LogP contribution in [0.5, 0.6) is 0 Å². The Morgan fingerprint density at radius 1 is 1.41 bits per heavy atom. The van der Waals surface area contributed by atoms with Crippen molar-refractivity contribution < 1.29 is 4.74 Å². The fourth-order valence-corrected chi connectivity index (χ4v) is 2.09. The Hall–Kier alpha value is -0.0900. The lowest BCUT2D eigenvalue weighted by molar-refractivity contribution is 0.111. The molecule has 1 rings (SSSR count). The minimum absolute atomic E-state index is 0.593. The van der Waals surface area contributed by atoms with Gasteiger partial charge < -0.3 is 10.1 Å². The van der Waals surface area contributed by atoms with E-state index in [9.17, 15) is 0 Å². The van der Waals surface area contributed by atoms with Gasteiger partial charge in [-0.25, -0.2) is 0 Å². The second kappa shape index (κ2) is 8.09. The molecule has 17 heavy (non-hydrogen) atoms. The van der Waals surface area contributed by atoms with Gasteiger partial charge in [0.15, 0.2) is 0 Å². The van der Waals surface area contributed by atoms with Crippen LogP contribution in [0.2, 0.25) is 5.02 Å². The van der Waals surface area contributed by atoms with Crippen LogP contribution in [-0.4, -0.2) is 19.8 Å². The van der Waals surface area contributed by atoms with Gasteiger partial charge in [0, 0.05) is 29.2 Å². The molecule has 0 amide bonds. The second-order valence-electron chi connectivity index (χ2n) is 4.38. The van der Waals surface area contributed by atoms with E-state index in [4.69, 9.17) is 16.3 Å². The summed E-state index contributed by atoms with van der Waals surface area (Å²) in [5, 5.41) is 4.10. The van der Waals surface area contributed by atoms with E-state index < -0.39 is 0 Å².